The highest BCUT2D eigenvalue weighted by Gasteiger charge is 2.20. The molecule has 0 saturated carbocycles. The van der Waals surface area contributed by atoms with E-state index in [1.807, 2.05) is 0 Å². The second kappa shape index (κ2) is 5.48. The van der Waals surface area contributed by atoms with Crippen molar-refractivity contribution in [1.82, 2.24) is 4.98 Å². The topological polar surface area (TPSA) is 48.4 Å². The molecule has 1 heterocycles. The van der Waals surface area contributed by atoms with Crippen LogP contribution in [0.1, 0.15) is 15.9 Å². The predicted molar refractivity (Wildman–Crippen MR) is 67.2 cm³/mol. The van der Waals surface area contributed by atoms with Crippen LogP contribution in [0.15, 0.2) is 36.5 Å². The van der Waals surface area contributed by atoms with Gasteiger partial charge in [-0.25, -0.2) is 9.37 Å². The number of pyridine rings is 1. The Balaban J connectivity index is 2.50. The minimum Gasteiger partial charge on any atom is -0.496 e. The molecule has 0 spiro atoms. The largest absolute Gasteiger partial charge is 0.496 e. The molecule has 4 nitrogen and oxygen atoms in total. The Morgan fingerprint density at radius 2 is 1.84 bits per heavy atom. The lowest BCUT2D eigenvalue weighted by molar-refractivity contribution is 0.103. The van der Waals surface area contributed by atoms with Gasteiger partial charge in [-0.1, -0.05) is 12.1 Å². The summed E-state index contributed by atoms with van der Waals surface area (Å²) in [5.74, 6) is -1.07. The van der Waals surface area contributed by atoms with Crippen LogP contribution in [0.5, 0.6) is 11.6 Å². The van der Waals surface area contributed by atoms with Gasteiger partial charge in [0.25, 0.3) is 5.88 Å². The highest BCUT2D eigenvalue weighted by molar-refractivity contribution is 6.11. The fraction of sp³-hybridized carbons (Fsp3) is 0.143. The van der Waals surface area contributed by atoms with Gasteiger partial charge in [-0.15, -0.1) is 0 Å². The number of ketones is 1. The first kappa shape index (κ1) is 13.0. The predicted octanol–water partition coefficient (Wildman–Crippen LogP) is 2.47. The average Bonchev–Trinajstić information content (AvgIpc) is 2.46. The number of carbonyl (C=O) groups excluding carboxylic acids is 1. The van der Waals surface area contributed by atoms with Crippen molar-refractivity contribution < 1.29 is 18.7 Å². The Bertz CT molecular complexity index is 613. The second-order valence-electron chi connectivity index (χ2n) is 3.71. The van der Waals surface area contributed by atoms with E-state index in [1.165, 1.54) is 26.5 Å². The number of hydrogen-bond donors (Lipinski definition) is 0. The smallest absolute Gasteiger partial charge is 0.250 e. The van der Waals surface area contributed by atoms with Crippen molar-refractivity contribution in [2.45, 2.75) is 0 Å². The summed E-state index contributed by atoms with van der Waals surface area (Å²) in [5.41, 5.74) is 0.188. The molecular formula is C14H12FNO3. The molecule has 1 aromatic heterocycles. The van der Waals surface area contributed by atoms with Crippen LogP contribution in [0.4, 0.5) is 4.39 Å². The Labute approximate surface area is 109 Å². The summed E-state index contributed by atoms with van der Waals surface area (Å²) in [4.78, 5) is 16.0. The third kappa shape index (κ3) is 2.40. The number of halogens is 1. The van der Waals surface area contributed by atoms with E-state index in [0.29, 0.717) is 5.75 Å². The van der Waals surface area contributed by atoms with Crippen molar-refractivity contribution in [1.29, 1.82) is 0 Å². The van der Waals surface area contributed by atoms with Crippen LogP contribution in [0.3, 0.4) is 0 Å². The van der Waals surface area contributed by atoms with Gasteiger partial charge in [0.2, 0.25) is 0 Å². The molecule has 0 amide bonds. The molecule has 0 bridgehead atoms. The number of ether oxygens (including phenoxy) is 2. The number of methoxy groups -OCH3 is 2. The van der Waals surface area contributed by atoms with Crippen LogP contribution in [-0.2, 0) is 0 Å². The molecule has 1 aromatic carbocycles. The number of benzene rings is 1. The number of rotatable bonds is 4. The monoisotopic (exact) mass is 261 g/mol. The third-order valence-electron chi connectivity index (χ3n) is 2.65. The number of para-hydroxylation sites is 1. The van der Waals surface area contributed by atoms with Crippen molar-refractivity contribution in [2.24, 2.45) is 0 Å². The SMILES string of the molecule is COc1ccccc1C(=O)c1ccnc(OC)c1F. The number of nitrogens with zero attached hydrogens (tertiary/aromatic N) is 1. The molecule has 2 rings (SSSR count). The van der Waals surface area contributed by atoms with E-state index in [4.69, 9.17) is 9.47 Å². The maximum atomic E-state index is 14.0. The summed E-state index contributed by atoms with van der Waals surface area (Å²) >= 11 is 0. The summed E-state index contributed by atoms with van der Waals surface area (Å²) in [7, 11) is 2.75. The fourth-order valence-electron chi connectivity index (χ4n) is 1.72. The average molecular weight is 261 g/mol. The van der Waals surface area contributed by atoms with Crippen LogP contribution < -0.4 is 9.47 Å². The summed E-state index contributed by atoms with van der Waals surface area (Å²) in [5, 5.41) is 0. The van der Waals surface area contributed by atoms with Gasteiger partial charge in [0.1, 0.15) is 5.75 Å². The molecule has 2 aromatic rings. The van der Waals surface area contributed by atoms with Crippen LogP contribution in [0, 0.1) is 5.82 Å². The Hall–Kier alpha value is -2.43. The molecule has 0 radical (unpaired) electrons. The van der Waals surface area contributed by atoms with Gasteiger partial charge in [-0.2, -0.15) is 0 Å². The van der Waals surface area contributed by atoms with Gasteiger partial charge in [0, 0.05) is 6.20 Å². The van der Waals surface area contributed by atoms with E-state index in [1.54, 1.807) is 24.3 Å². The van der Waals surface area contributed by atoms with Crippen molar-refractivity contribution in [3.63, 3.8) is 0 Å². The van der Waals surface area contributed by atoms with E-state index >= 15 is 0 Å². The second-order valence-corrected chi connectivity index (χ2v) is 3.71. The number of carbonyl (C=O) groups is 1. The summed E-state index contributed by atoms with van der Waals surface area (Å²) < 4.78 is 23.8. The Morgan fingerprint density at radius 3 is 2.53 bits per heavy atom. The molecule has 0 aliphatic heterocycles. The molecule has 0 saturated heterocycles. The molecule has 0 N–H and O–H groups in total. The lowest BCUT2D eigenvalue weighted by Crippen LogP contribution is -2.08. The minimum atomic E-state index is -0.777. The highest BCUT2D eigenvalue weighted by Crippen LogP contribution is 2.24. The first-order chi connectivity index (χ1) is 9.19. The molecule has 0 fully saturated rings. The van der Waals surface area contributed by atoms with E-state index in [2.05, 4.69) is 4.98 Å². The van der Waals surface area contributed by atoms with Crippen LogP contribution in [0.25, 0.3) is 0 Å². The molecule has 0 aliphatic carbocycles. The quantitative estimate of drug-likeness (QED) is 0.793. The first-order valence-electron chi connectivity index (χ1n) is 5.55. The standard InChI is InChI=1S/C14H12FNO3/c1-18-11-6-4-3-5-9(11)13(17)10-7-8-16-14(19-2)12(10)15/h3-8H,1-2H3. The lowest BCUT2D eigenvalue weighted by Gasteiger charge is -2.09. The van der Waals surface area contributed by atoms with Crippen molar-refractivity contribution in [3.05, 3.63) is 53.5 Å². The lowest BCUT2D eigenvalue weighted by atomic mass is 10.0. The summed E-state index contributed by atoms with van der Waals surface area (Å²) in [6.07, 6.45) is 1.32. The van der Waals surface area contributed by atoms with Gasteiger partial charge in [0.05, 0.1) is 25.3 Å². The van der Waals surface area contributed by atoms with Crippen LogP contribution in [-0.4, -0.2) is 25.0 Å². The van der Waals surface area contributed by atoms with E-state index in [9.17, 15) is 9.18 Å². The minimum absolute atomic E-state index is 0.101. The van der Waals surface area contributed by atoms with Crippen molar-refractivity contribution in [2.75, 3.05) is 14.2 Å². The number of aromatic nitrogens is 1. The van der Waals surface area contributed by atoms with Gasteiger partial charge < -0.3 is 9.47 Å². The van der Waals surface area contributed by atoms with E-state index in [-0.39, 0.29) is 17.0 Å². The molecule has 98 valence electrons. The highest BCUT2D eigenvalue weighted by atomic mass is 19.1. The molecule has 5 heteroatoms. The molecular weight excluding hydrogens is 249 g/mol. The molecule has 0 atom stereocenters. The fourth-order valence-corrected chi connectivity index (χ4v) is 1.72. The van der Waals surface area contributed by atoms with E-state index in [0.717, 1.165) is 0 Å². The zero-order chi connectivity index (χ0) is 13.8. The molecule has 19 heavy (non-hydrogen) atoms. The van der Waals surface area contributed by atoms with Crippen LogP contribution in [0.2, 0.25) is 0 Å². The zero-order valence-electron chi connectivity index (χ0n) is 10.5. The Kier molecular flexibility index (Phi) is 3.75. The van der Waals surface area contributed by atoms with Gasteiger partial charge in [-0.05, 0) is 18.2 Å². The van der Waals surface area contributed by atoms with Crippen LogP contribution >= 0.6 is 0 Å². The maximum absolute atomic E-state index is 14.0. The Morgan fingerprint density at radius 1 is 1.11 bits per heavy atom. The van der Waals surface area contributed by atoms with Crippen molar-refractivity contribution in [3.8, 4) is 11.6 Å². The summed E-state index contributed by atoms with van der Waals surface area (Å²) in [6, 6.07) is 7.95. The van der Waals surface area contributed by atoms with Gasteiger partial charge in [0.15, 0.2) is 11.6 Å². The van der Waals surface area contributed by atoms with Crippen molar-refractivity contribution >= 4 is 5.78 Å². The maximum Gasteiger partial charge on any atom is 0.250 e. The third-order valence-corrected chi connectivity index (χ3v) is 2.65. The summed E-state index contributed by atoms with van der Waals surface area (Å²) in [6.45, 7) is 0. The molecule has 0 unspecified atom stereocenters. The van der Waals surface area contributed by atoms with Gasteiger partial charge >= 0.3 is 0 Å². The van der Waals surface area contributed by atoms with E-state index < -0.39 is 11.6 Å². The normalized spacial score (nSPS) is 10.1. The van der Waals surface area contributed by atoms with Gasteiger partial charge in [-0.3, -0.25) is 4.79 Å². The first-order valence-corrected chi connectivity index (χ1v) is 5.55. The molecule has 0 aliphatic rings. The zero-order valence-corrected chi connectivity index (χ0v) is 10.5. The number of hydrogen-bond acceptors (Lipinski definition) is 4.